The highest BCUT2D eigenvalue weighted by molar-refractivity contribution is 5.32. The van der Waals surface area contributed by atoms with Crippen molar-refractivity contribution in [2.24, 2.45) is 5.73 Å². The van der Waals surface area contributed by atoms with E-state index in [1.54, 1.807) is 24.3 Å². The van der Waals surface area contributed by atoms with E-state index in [1.807, 2.05) is 6.07 Å². The van der Waals surface area contributed by atoms with E-state index in [1.165, 1.54) is 0 Å². The minimum atomic E-state index is -0.488. The van der Waals surface area contributed by atoms with Gasteiger partial charge in [-0.1, -0.05) is 12.1 Å². The van der Waals surface area contributed by atoms with Crippen LogP contribution >= 0.6 is 0 Å². The fourth-order valence-corrected chi connectivity index (χ4v) is 1.41. The maximum Gasteiger partial charge on any atom is 0.0991 e. The summed E-state index contributed by atoms with van der Waals surface area (Å²) in [5.41, 5.74) is 6.78. The summed E-state index contributed by atoms with van der Waals surface area (Å²) in [6.07, 6.45) is 0.157. The van der Waals surface area contributed by atoms with Crippen molar-refractivity contribution >= 4 is 0 Å². The fraction of sp³-hybridized carbons (Fsp3) is 0.417. The number of nitrogens with zero attached hydrogens (tertiary/aromatic N) is 1. The van der Waals surface area contributed by atoms with Crippen LogP contribution in [0.25, 0.3) is 0 Å². The van der Waals surface area contributed by atoms with Crippen LogP contribution in [-0.4, -0.2) is 24.7 Å². The second-order valence-electron chi connectivity index (χ2n) is 3.58. The Morgan fingerprint density at radius 2 is 2.00 bits per heavy atom. The molecule has 0 bridgehead atoms. The van der Waals surface area contributed by atoms with E-state index >= 15 is 0 Å². The zero-order valence-corrected chi connectivity index (χ0v) is 9.19. The summed E-state index contributed by atoms with van der Waals surface area (Å²) in [5, 5.41) is 21.6. The van der Waals surface area contributed by atoms with Crippen LogP contribution in [0.15, 0.2) is 24.3 Å². The molecule has 0 saturated carbocycles. The van der Waals surface area contributed by atoms with E-state index in [0.29, 0.717) is 18.5 Å². The maximum absolute atomic E-state index is 9.83. The summed E-state index contributed by atoms with van der Waals surface area (Å²) in [6.45, 7) is 2.10. The van der Waals surface area contributed by atoms with Crippen molar-refractivity contribution in [1.29, 1.82) is 5.26 Å². The highest BCUT2D eigenvalue weighted by atomic mass is 16.3. The molecule has 1 unspecified atom stereocenters. The summed E-state index contributed by atoms with van der Waals surface area (Å²) >= 11 is 0. The lowest BCUT2D eigenvalue weighted by atomic mass is 10.1. The molecule has 0 aliphatic rings. The molecule has 0 aliphatic carbocycles. The first-order valence-electron chi connectivity index (χ1n) is 5.37. The highest BCUT2D eigenvalue weighted by Crippen LogP contribution is 2.16. The normalized spacial score (nSPS) is 12.1. The average molecular weight is 219 g/mol. The molecule has 86 valence electrons. The Morgan fingerprint density at radius 1 is 1.31 bits per heavy atom. The zero-order chi connectivity index (χ0) is 11.8. The van der Waals surface area contributed by atoms with E-state index < -0.39 is 6.10 Å². The van der Waals surface area contributed by atoms with Gasteiger partial charge in [-0.2, -0.15) is 5.26 Å². The van der Waals surface area contributed by atoms with Gasteiger partial charge in [0.1, 0.15) is 0 Å². The minimum Gasteiger partial charge on any atom is -0.388 e. The number of hydrogen-bond donors (Lipinski definition) is 3. The third-order valence-electron chi connectivity index (χ3n) is 2.34. The van der Waals surface area contributed by atoms with E-state index in [4.69, 9.17) is 11.0 Å². The van der Waals surface area contributed by atoms with Gasteiger partial charge in [-0.25, -0.2) is 0 Å². The van der Waals surface area contributed by atoms with Crippen LogP contribution < -0.4 is 11.1 Å². The zero-order valence-electron chi connectivity index (χ0n) is 9.19. The Hall–Kier alpha value is -1.41. The molecule has 0 fully saturated rings. The van der Waals surface area contributed by atoms with Crippen LogP contribution in [0.5, 0.6) is 0 Å². The van der Waals surface area contributed by atoms with Gasteiger partial charge in [0.05, 0.1) is 17.7 Å². The number of benzene rings is 1. The molecule has 0 heterocycles. The summed E-state index contributed by atoms with van der Waals surface area (Å²) < 4.78 is 0. The first-order valence-corrected chi connectivity index (χ1v) is 5.37. The molecule has 0 saturated heterocycles. The Bertz CT molecular complexity index is 342. The molecule has 4 heteroatoms. The molecule has 1 atom stereocenters. The molecule has 0 aromatic heterocycles. The minimum absolute atomic E-state index is 0.488. The highest BCUT2D eigenvalue weighted by Gasteiger charge is 2.06. The lowest BCUT2D eigenvalue weighted by Crippen LogP contribution is -2.24. The molecular formula is C12H17N3O. The number of hydrogen-bond acceptors (Lipinski definition) is 4. The largest absolute Gasteiger partial charge is 0.388 e. The van der Waals surface area contributed by atoms with Gasteiger partial charge >= 0.3 is 0 Å². The van der Waals surface area contributed by atoms with E-state index in [0.717, 1.165) is 18.7 Å². The second-order valence-corrected chi connectivity index (χ2v) is 3.58. The number of aliphatic hydroxyl groups is 1. The molecule has 0 radical (unpaired) electrons. The number of nitrogens with two attached hydrogens (primary N) is 1. The van der Waals surface area contributed by atoms with Gasteiger partial charge < -0.3 is 16.2 Å². The van der Waals surface area contributed by atoms with Gasteiger partial charge in [-0.15, -0.1) is 0 Å². The summed E-state index contributed by atoms with van der Waals surface area (Å²) in [7, 11) is 0. The molecule has 1 aromatic carbocycles. The summed E-state index contributed by atoms with van der Waals surface area (Å²) in [4.78, 5) is 0. The van der Waals surface area contributed by atoms with Gasteiger partial charge in [0.2, 0.25) is 0 Å². The van der Waals surface area contributed by atoms with Crippen molar-refractivity contribution in [1.82, 2.24) is 5.32 Å². The predicted octanol–water partition coefficient (Wildman–Crippen LogP) is 0.530. The number of nitrogens with one attached hydrogen (secondary N) is 1. The summed E-state index contributed by atoms with van der Waals surface area (Å²) in [5.74, 6) is 0. The average Bonchev–Trinajstić information content (AvgIpc) is 2.34. The first-order chi connectivity index (χ1) is 7.77. The molecule has 0 aliphatic heterocycles. The van der Waals surface area contributed by atoms with Crippen molar-refractivity contribution in [2.45, 2.75) is 12.5 Å². The monoisotopic (exact) mass is 219 g/mol. The molecule has 1 aromatic rings. The lowest BCUT2D eigenvalue weighted by Gasteiger charge is -2.11. The second kappa shape index (κ2) is 6.96. The van der Waals surface area contributed by atoms with Crippen LogP contribution in [0.4, 0.5) is 0 Å². The first kappa shape index (κ1) is 12.7. The lowest BCUT2D eigenvalue weighted by molar-refractivity contribution is 0.167. The maximum atomic E-state index is 9.83. The Kier molecular flexibility index (Phi) is 5.51. The Morgan fingerprint density at radius 3 is 2.56 bits per heavy atom. The van der Waals surface area contributed by atoms with Crippen LogP contribution in [0.2, 0.25) is 0 Å². The van der Waals surface area contributed by atoms with Crippen molar-refractivity contribution in [3.8, 4) is 6.07 Å². The van der Waals surface area contributed by atoms with Gasteiger partial charge in [0, 0.05) is 13.1 Å². The van der Waals surface area contributed by atoms with E-state index in [-0.39, 0.29) is 0 Å². The van der Waals surface area contributed by atoms with Crippen LogP contribution in [0, 0.1) is 11.3 Å². The van der Waals surface area contributed by atoms with Crippen molar-refractivity contribution in [3.05, 3.63) is 35.4 Å². The standard InChI is InChI=1S/C12H17N3O/c13-6-8-15-7-5-12(16)11-3-1-10(9-14)2-4-11/h1-4,12,15-16H,5-8,13H2. The van der Waals surface area contributed by atoms with Crippen LogP contribution in [0.1, 0.15) is 23.7 Å². The number of aliphatic hydroxyl groups excluding tert-OH is 1. The van der Waals surface area contributed by atoms with Crippen molar-refractivity contribution < 1.29 is 5.11 Å². The molecule has 16 heavy (non-hydrogen) atoms. The third-order valence-corrected chi connectivity index (χ3v) is 2.34. The molecule has 0 amide bonds. The molecule has 0 spiro atoms. The van der Waals surface area contributed by atoms with E-state index in [2.05, 4.69) is 5.32 Å². The predicted molar refractivity (Wildman–Crippen MR) is 62.7 cm³/mol. The van der Waals surface area contributed by atoms with Gasteiger partial charge in [0.15, 0.2) is 0 Å². The van der Waals surface area contributed by atoms with Gasteiger partial charge in [-0.3, -0.25) is 0 Å². The number of nitriles is 1. The Balaban J connectivity index is 2.40. The van der Waals surface area contributed by atoms with Gasteiger partial charge in [-0.05, 0) is 30.7 Å². The molecule has 4 N–H and O–H groups in total. The quantitative estimate of drug-likeness (QED) is 0.609. The van der Waals surface area contributed by atoms with Crippen LogP contribution in [0.3, 0.4) is 0 Å². The third kappa shape index (κ3) is 3.99. The number of rotatable bonds is 6. The fourth-order valence-electron chi connectivity index (χ4n) is 1.41. The van der Waals surface area contributed by atoms with Crippen molar-refractivity contribution in [2.75, 3.05) is 19.6 Å². The van der Waals surface area contributed by atoms with Crippen LogP contribution in [-0.2, 0) is 0 Å². The summed E-state index contributed by atoms with van der Waals surface area (Å²) in [6, 6.07) is 9.04. The SMILES string of the molecule is N#Cc1ccc(C(O)CCNCCN)cc1. The van der Waals surface area contributed by atoms with Gasteiger partial charge in [0.25, 0.3) is 0 Å². The molecule has 1 rings (SSSR count). The van der Waals surface area contributed by atoms with E-state index in [9.17, 15) is 5.11 Å². The Labute approximate surface area is 95.7 Å². The topological polar surface area (TPSA) is 82.1 Å². The smallest absolute Gasteiger partial charge is 0.0991 e. The molecule has 4 nitrogen and oxygen atoms in total. The molecular weight excluding hydrogens is 202 g/mol. The van der Waals surface area contributed by atoms with Crippen molar-refractivity contribution in [3.63, 3.8) is 0 Å².